The first-order valence-corrected chi connectivity index (χ1v) is 7.20. The summed E-state index contributed by atoms with van der Waals surface area (Å²) in [5, 5.41) is 0.870. The minimum Gasteiger partial charge on any atom is -0.384 e. The highest BCUT2D eigenvalue weighted by Gasteiger charge is 2.05. The average Bonchev–Trinajstić information content (AvgIpc) is 2.44. The third kappa shape index (κ3) is 2.97. The number of fused-ring (bicyclic) bond motifs is 1. The third-order valence-corrected chi connectivity index (χ3v) is 3.62. The first-order valence-electron chi connectivity index (χ1n) is 5.84. The second-order valence-electron chi connectivity index (χ2n) is 4.04. The number of rotatable bonds is 3. The highest BCUT2D eigenvalue weighted by molar-refractivity contribution is 7.98. The van der Waals surface area contributed by atoms with Crippen LogP contribution < -0.4 is 5.73 Å². The lowest BCUT2D eigenvalue weighted by Gasteiger charge is -2.03. The summed E-state index contributed by atoms with van der Waals surface area (Å²) >= 11 is 7.26. The van der Waals surface area contributed by atoms with Crippen molar-refractivity contribution in [2.24, 2.45) is 0 Å². The second kappa shape index (κ2) is 5.60. The van der Waals surface area contributed by atoms with Crippen LogP contribution in [0.3, 0.4) is 0 Å². The molecule has 0 amide bonds. The fourth-order valence-electron chi connectivity index (χ4n) is 1.68. The second-order valence-corrected chi connectivity index (χ2v) is 5.37. The van der Waals surface area contributed by atoms with Crippen LogP contribution in [0.15, 0.2) is 41.7 Å². The van der Waals surface area contributed by atoms with Crippen molar-refractivity contribution in [3.05, 3.63) is 47.4 Å². The van der Waals surface area contributed by atoms with Crippen LogP contribution >= 0.6 is 23.4 Å². The molecule has 0 saturated carbocycles. The number of para-hydroxylation sites is 2. The molecule has 100 valence electrons. The predicted molar refractivity (Wildman–Crippen MR) is 80.6 cm³/mol. The lowest BCUT2D eigenvalue weighted by Crippen LogP contribution is -1.96. The van der Waals surface area contributed by atoms with Gasteiger partial charge < -0.3 is 5.73 Å². The van der Waals surface area contributed by atoms with Crippen molar-refractivity contribution >= 4 is 40.2 Å². The van der Waals surface area contributed by atoms with Gasteiger partial charge in [-0.1, -0.05) is 35.5 Å². The minimum absolute atomic E-state index is 0.338. The van der Waals surface area contributed by atoms with E-state index in [2.05, 4.69) is 19.9 Å². The zero-order valence-electron chi connectivity index (χ0n) is 10.3. The number of hydrogen-bond acceptors (Lipinski definition) is 6. The van der Waals surface area contributed by atoms with Gasteiger partial charge in [0.1, 0.15) is 11.0 Å². The summed E-state index contributed by atoms with van der Waals surface area (Å²) in [6.45, 7) is 0. The van der Waals surface area contributed by atoms with E-state index in [1.165, 1.54) is 17.8 Å². The number of aromatic nitrogens is 4. The Labute approximate surface area is 124 Å². The molecule has 0 saturated heterocycles. The van der Waals surface area contributed by atoms with Gasteiger partial charge in [0.2, 0.25) is 0 Å². The fourth-order valence-corrected chi connectivity index (χ4v) is 2.67. The highest BCUT2D eigenvalue weighted by Crippen LogP contribution is 2.21. The van der Waals surface area contributed by atoms with Crippen LogP contribution in [0.25, 0.3) is 11.0 Å². The Morgan fingerprint density at radius 2 is 1.90 bits per heavy atom. The molecule has 0 spiro atoms. The Morgan fingerprint density at radius 1 is 1.10 bits per heavy atom. The van der Waals surface area contributed by atoms with E-state index in [0.29, 0.717) is 21.9 Å². The maximum atomic E-state index is 5.84. The van der Waals surface area contributed by atoms with Gasteiger partial charge in [0.25, 0.3) is 0 Å². The maximum absolute atomic E-state index is 5.84. The molecule has 0 bridgehead atoms. The van der Waals surface area contributed by atoms with Crippen molar-refractivity contribution < 1.29 is 0 Å². The SMILES string of the molecule is Nc1cc(Cl)nc(SCc2cnc3ccccc3n2)n1. The molecule has 0 radical (unpaired) electrons. The Morgan fingerprint density at radius 3 is 2.70 bits per heavy atom. The van der Waals surface area contributed by atoms with Gasteiger partial charge in [-0.2, -0.15) is 0 Å². The summed E-state index contributed by atoms with van der Waals surface area (Å²) in [7, 11) is 0. The minimum atomic E-state index is 0.338. The molecule has 2 heterocycles. The molecule has 5 nitrogen and oxygen atoms in total. The number of halogens is 1. The normalized spacial score (nSPS) is 10.8. The molecule has 0 unspecified atom stereocenters. The molecule has 7 heteroatoms. The lowest BCUT2D eigenvalue weighted by molar-refractivity contribution is 0.973. The van der Waals surface area contributed by atoms with Gasteiger partial charge in [0, 0.05) is 18.0 Å². The number of nitrogen functional groups attached to an aromatic ring is 1. The number of nitrogens with two attached hydrogens (primary N) is 1. The molecule has 0 atom stereocenters. The van der Waals surface area contributed by atoms with Crippen molar-refractivity contribution in [3.8, 4) is 0 Å². The Hall–Kier alpha value is -1.92. The standard InChI is InChI=1S/C13H10ClN5S/c14-11-5-12(15)19-13(18-11)20-7-8-6-16-9-3-1-2-4-10(9)17-8/h1-6H,7H2,(H2,15,18,19). The molecular formula is C13H10ClN5S. The van der Waals surface area contributed by atoms with Gasteiger partial charge in [0.15, 0.2) is 5.16 Å². The number of hydrogen-bond donors (Lipinski definition) is 1. The molecule has 3 aromatic rings. The highest BCUT2D eigenvalue weighted by atomic mass is 35.5. The van der Waals surface area contributed by atoms with Crippen LogP contribution in [0, 0.1) is 0 Å². The van der Waals surface area contributed by atoms with E-state index in [1.807, 2.05) is 24.3 Å². The van der Waals surface area contributed by atoms with Crippen LogP contribution in [0.5, 0.6) is 0 Å². The Kier molecular flexibility index (Phi) is 3.66. The van der Waals surface area contributed by atoms with Crippen LogP contribution in [0.4, 0.5) is 5.82 Å². The van der Waals surface area contributed by atoms with Crippen LogP contribution in [0.1, 0.15) is 5.69 Å². The van der Waals surface area contributed by atoms with E-state index >= 15 is 0 Å². The van der Waals surface area contributed by atoms with Gasteiger partial charge in [0.05, 0.1) is 16.7 Å². The van der Waals surface area contributed by atoms with Crippen molar-refractivity contribution in [1.82, 2.24) is 19.9 Å². The zero-order chi connectivity index (χ0) is 13.9. The number of nitrogens with zero attached hydrogens (tertiary/aromatic N) is 4. The number of anilines is 1. The van der Waals surface area contributed by atoms with E-state index in [0.717, 1.165) is 16.7 Å². The molecule has 0 aliphatic heterocycles. The molecule has 2 N–H and O–H groups in total. The number of benzene rings is 1. The summed E-state index contributed by atoms with van der Waals surface area (Å²) in [5.41, 5.74) is 8.23. The van der Waals surface area contributed by atoms with Gasteiger partial charge in [-0.3, -0.25) is 4.98 Å². The molecule has 0 aliphatic carbocycles. The molecular weight excluding hydrogens is 294 g/mol. The average molecular weight is 304 g/mol. The summed E-state index contributed by atoms with van der Waals surface area (Å²) in [5.74, 6) is 0.967. The molecule has 0 fully saturated rings. The van der Waals surface area contributed by atoms with Gasteiger partial charge in [-0.25, -0.2) is 15.0 Å². The fraction of sp³-hybridized carbons (Fsp3) is 0.0769. The zero-order valence-corrected chi connectivity index (χ0v) is 11.9. The summed E-state index contributed by atoms with van der Waals surface area (Å²) in [6.07, 6.45) is 1.75. The predicted octanol–water partition coefficient (Wildman–Crippen LogP) is 2.95. The molecule has 2 aromatic heterocycles. The van der Waals surface area contributed by atoms with Gasteiger partial charge >= 0.3 is 0 Å². The largest absolute Gasteiger partial charge is 0.384 e. The first-order chi connectivity index (χ1) is 9.70. The third-order valence-electron chi connectivity index (χ3n) is 2.54. The van der Waals surface area contributed by atoms with Gasteiger partial charge in [-0.05, 0) is 12.1 Å². The molecule has 20 heavy (non-hydrogen) atoms. The summed E-state index contributed by atoms with van der Waals surface area (Å²) < 4.78 is 0. The Balaban J connectivity index is 1.79. The van der Waals surface area contributed by atoms with Crippen LogP contribution in [-0.4, -0.2) is 19.9 Å². The monoisotopic (exact) mass is 303 g/mol. The van der Waals surface area contributed by atoms with Crippen LogP contribution in [-0.2, 0) is 5.75 Å². The van der Waals surface area contributed by atoms with Gasteiger partial charge in [-0.15, -0.1) is 0 Å². The topological polar surface area (TPSA) is 77.6 Å². The lowest BCUT2D eigenvalue weighted by atomic mass is 10.3. The molecule has 3 rings (SSSR count). The van der Waals surface area contributed by atoms with Crippen molar-refractivity contribution in [2.45, 2.75) is 10.9 Å². The van der Waals surface area contributed by atoms with E-state index in [-0.39, 0.29) is 0 Å². The molecule has 1 aromatic carbocycles. The van der Waals surface area contributed by atoms with Crippen LogP contribution in [0.2, 0.25) is 5.15 Å². The smallest absolute Gasteiger partial charge is 0.191 e. The van der Waals surface area contributed by atoms with E-state index in [1.54, 1.807) is 6.20 Å². The molecule has 0 aliphatic rings. The van der Waals surface area contributed by atoms with Crippen molar-refractivity contribution in [3.63, 3.8) is 0 Å². The summed E-state index contributed by atoms with van der Waals surface area (Å²) in [6, 6.07) is 9.26. The van der Waals surface area contributed by atoms with E-state index in [4.69, 9.17) is 17.3 Å². The van der Waals surface area contributed by atoms with E-state index < -0.39 is 0 Å². The van der Waals surface area contributed by atoms with Crippen molar-refractivity contribution in [2.75, 3.05) is 5.73 Å². The Bertz CT molecular complexity index is 744. The quantitative estimate of drug-likeness (QED) is 0.455. The first kappa shape index (κ1) is 13.1. The maximum Gasteiger partial charge on any atom is 0.191 e. The van der Waals surface area contributed by atoms with E-state index in [9.17, 15) is 0 Å². The number of thioether (sulfide) groups is 1. The summed E-state index contributed by atoms with van der Waals surface area (Å²) in [4.78, 5) is 17.1. The van der Waals surface area contributed by atoms with Crippen molar-refractivity contribution in [1.29, 1.82) is 0 Å².